The molecule has 13 heavy (non-hydrogen) atoms. The van der Waals surface area contributed by atoms with Gasteiger partial charge < -0.3 is 16.0 Å². The summed E-state index contributed by atoms with van der Waals surface area (Å²) < 4.78 is 0. The molecule has 0 spiro atoms. The molecule has 0 fully saturated rings. The van der Waals surface area contributed by atoms with Crippen LogP contribution in [0.25, 0.3) is 0 Å². The van der Waals surface area contributed by atoms with Crippen LogP contribution in [0.15, 0.2) is 17.6 Å². The van der Waals surface area contributed by atoms with E-state index in [0.717, 1.165) is 0 Å². The molecule has 4 N–H and O–H groups in total. The van der Waals surface area contributed by atoms with Crippen molar-refractivity contribution in [1.82, 2.24) is 9.97 Å². The molecule has 2 heterocycles. The smallest absolute Gasteiger partial charge is 0.277 e. The van der Waals surface area contributed by atoms with Crippen molar-refractivity contribution >= 4 is 17.5 Å². The van der Waals surface area contributed by atoms with E-state index in [-0.39, 0.29) is 11.5 Å². The van der Waals surface area contributed by atoms with Crippen LogP contribution in [0.5, 0.6) is 0 Å². The van der Waals surface area contributed by atoms with Gasteiger partial charge in [-0.05, 0) is 0 Å². The Morgan fingerprint density at radius 3 is 3.15 bits per heavy atom. The lowest BCUT2D eigenvalue weighted by Crippen LogP contribution is -2.15. The number of aromatic nitrogens is 2. The van der Waals surface area contributed by atoms with Crippen molar-refractivity contribution in [2.24, 2.45) is 0 Å². The second kappa shape index (κ2) is 2.51. The number of hydrogen-bond donors (Lipinski definition) is 3. The maximum absolute atomic E-state index is 11.3. The average molecular weight is 179 g/mol. The number of nitrogen functional groups attached to an aromatic ring is 1. The topological polar surface area (TPSA) is 87.0 Å². The van der Waals surface area contributed by atoms with Gasteiger partial charge in [0, 0.05) is 6.20 Å². The highest BCUT2D eigenvalue weighted by atomic mass is 16.1. The van der Waals surface area contributed by atoms with Gasteiger partial charge in [-0.15, -0.1) is 0 Å². The Labute approximate surface area is 74.1 Å². The highest BCUT2D eigenvalue weighted by Gasteiger charge is 2.21. The Balaban J connectivity index is 2.64. The number of anilines is 3. The zero-order valence-electron chi connectivity index (χ0n) is 6.87. The molecule has 0 radical (unpaired) electrons. The van der Waals surface area contributed by atoms with Crippen LogP contribution in [0.4, 0.5) is 17.5 Å². The van der Waals surface area contributed by atoms with Crippen molar-refractivity contribution in [3.05, 3.63) is 23.1 Å². The van der Waals surface area contributed by atoms with Gasteiger partial charge in [-0.25, -0.2) is 0 Å². The molecule has 0 aliphatic carbocycles. The zero-order valence-corrected chi connectivity index (χ0v) is 6.87. The van der Waals surface area contributed by atoms with E-state index in [1.807, 2.05) is 0 Å². The van der Waals surface area contributed by atoms with Gasteiger partial charge in [0.05, 0.1) is 6.67 Å². The number of hydrogen-bond acceptors (Lipinski definition) is 5. The summed E-state index contributed by atoms with van der Waals surface area (Å²) in [5, 5.41) is 2.89. The maximum Gasteiger partial charge on any atom is 0.277 e. The lowest BCUT2D eigenvalue weighted by molar-refractivity contribution is 1.05. The Morgan fingerprint density at radius 2 is 2.46 bits per heavy atom. The van der Waals surface area contributed by atoms with Crippen LogP contribution in [0.2, 0.25) is 0 Å². The Morgan fingerprint density at radius 1 is 1.69 bits per heavy atom. The molecule has 68 valence electrons. The van der Waals surface area contributed by atoms with Crippen molar-refractivity contribution in [2.45, 2.75) is 0 Å². The molecule has 1 aliphatic heterocycles. The van der Waals surface area contributed by atoms with Gasteiger partial charge in [-0.2, -0.15) is 4.98 Å². The number of rotatable bonds is 1. The molecule has 2 rings (SSSR count). The van der Waals surface area contributed by atoms with Gasteiger partial charge in [0.1, 0.15) is 5.69 Å². The van der Waals surface area contributed by atoms with Gasteiger partial charge in [0.25, 0.3) is 5.56 Å². The van der Waals surface area contributed by atoms with E-state index in [1.165, 1.54) is 0 Å². The van der Waals surface area contributed by atoms with E-state index in [9.17, 15) is 4.79 Å². The van der Waals surface area contributed by atoms with Crippen LogP contribution in [-0.2, 0) is 0 Å². The summed E-state index contributed by atoms with van der Waals surface area (Å²) >= 11 is 0. The number of nitrogens with zero attached hydrogens (tertiary/aromatic N) is 2. The van der Waals surface area contributed by atoms with E-state index in [0.29, 0.717) is 18.2 Å². The summed E-state index contributed by atoms with van der Waals surface area (Å²) in [6, 6.07) is 0. The maximum atomic E-state index is 11.3. The monoisotopic (exact) mass is 179 g/mol. The predicted molar refractivity (Wildman–Crippen MR) is 50.4 cm³/mol. The molecule has 0 amide bonds. The van der Waals surface area contributed by atoms with Crippen molar-refractivity contribution in [3.8, 4) is 0 Å². The quantitative estimate of drug-likeness (QED) is 0.550. The second-order valence-electron chi connectivity index (χ2n) is 2.64. The number of aromatic amines is 1. The third-order valence-corrected chi connectivity index (χ3v) is 1.84. The minimum absolute atomic E-state index is 0.110. The zero-order chi connectivity index (χ0) is 9.42. The highest BCUT2D eigenvalue weighted by Crippen LogP contribution is 2.24. The van der Waals surface area contributed by atoms with Gasteiger partial charge in [-0.3, -0.25) is 9.78 Å². The lowest BCUT2D eigenvalue weighted by atomic mass is 10.5. The second-order valence-corrected chi connectivity index (χ2v) is 2.64. The van der Waals surface area contributed by atoms with Crippen LogP contribution >= 0.6 is 0 Å². The number of fused-ring (bicyclic) bond motifs is 1. The van der Waals surface area contributed by atoms with E-state index >= 15 is 0 Å². The summed E-state index contributed by atoms with van der Waals surface area (Å²) in [5.74, 6) is 0.635. The lowest BCUT2D eigenvalue weighted by Gasteiger charge is -2.08. The fourth-order valence-electron chi connectivity index (χ4n) is 1.24. The average Bonchev–Trinajstić information content (AvgIpc) is 2.47. The Bertz CT molecular complexity index is 410. The molecular weight excluding hydrogens is 170 g/mol. The van der Waals surface area contributed by atoms with Gasteiger partial charge >= 0.3 is 0 Å². The summed E-state index contributed by atoms with van der Waals surface area (Å²) in [7, 11) is 0. The van der Waals surface area contributed by atoms with Gasteiger partial charge in [-0.1, -0.05) is 6.58 Å². The van der Waals surface area contributed by atoms with Gasteiger partial charge in [0.15, 0.2) is 5.82 Å². The Hall–Kier alpha value is -1.98. The summed E-state index contributed by atoms with van der Waals surface area (Å²) in [6.07, 6.45) is 1.59. The molecule has 0 bridgehead atoms. The van der Waals surface area contributed by atoms with E-state index in [4.69, 9.17) is 5.73 Å². The molecule has 1 aromatic rings. The Kier molecular flexibility index (Phi) is 1.48. The highest BCUT2D eigenvalue weighted by molar-refractivity contribution is 5.71. The van der Waals surface area contributed by atoms with Gasteiger partial charge in [0.2, 0.25) is 5.95 Å². The molecule has 0 saturated carbocycles. The largest absolute Gasteiger partial charge is 0.369 e. The van der Waals surface area contributed by atoms with Crippen LogP contribution < -0.4 is 21.5 Å². The van der Waals surface area contributed by atoms with E-state index < -0.39 is 0 Å². The number of nitrogens with one attached hydrogen (secondary N) is 2. The third-order valence-electron chi connectivity index (χ3n) is 1.84. The molecular formula is C7H9N5O. The first-order valence-corrected chi connectivity index (χ1v) is 3.75. The third kappa shape index (κ3) is 1.03. The molecule has 1 aliphatic rings. The summed E-state index contributed by atoms with van der Waals surface area (Å²) in [4.78, 5) is 19.4. The molecule has 0 aromatic carbocycles. The van der Waals surface area contributed by atoms with Crippen LogP contribution in [0.1, 0.15) is 0 Å². The summed E-state index contributed by atoms with van der Waals surface area (Å²) in [5.41, 5.74) is 5.57. The minimum atomic E-state index is -0.258. The standard InChI is InChI=1S/C7H9N5O/c1-2-12-3-9-4-5(12)10-7(8)11-6(4)13/h2,9H,1,3H2,(H3,8,10,11,13). The normalized spacial score (nSPS) is 13.7. The fraction of sp³-hybridized carbons (Fsp3) is 0.143. The minimum Gasteiger partial charge on any atom is -0.369 e. The van der Waals surface area contributed by atoms with Crippen LogP contribution in [-0.4, -0.2) is 16.6 Å². The SMILES string of the molecule is C=CN1CNc2c1nc(N)[nH]c2=O. The first-order chi connectivity index (χ1) is 6.22. The summed E-state index contributed by atoms with van der Waals surface area (Å²) in [6.45, 7) is 4.09. The number of H-pyrrole nitrogens is 1. The molecule has 0 atom stereocenters. The van der Waals surface area contributed by atoms with E-state index in [1.54, 1.807) is 11.1 Å². The predicted octanol–water partition coefficient (Wildman–Crippen LogP) is -0.315. The van der Waals surface area contributed by atoms with Crippen LogP contribution in [0, 0.1) is 0 Å². The molecule has 6 heteroatoms. The van der Waals surface area contributed by atoms with Crippen LogP contribution in [0.3, 0.4) is 0 Å². The van der Waals surface area contributed by atoms with Crippen molar-refractivity contribution in [2.75, 3.05) is 22.6 Å². The first kappa shape index (κ1) is 7.66. The fourth-order valence-corrected chi connectivity index (χ4v) is 1.24. The first-order valence-electron chi connectivity index (χ1n) is 3.75. The molecule has 0 unspecified atom stereocenters. The van der Waals surface area contributed by atoms with Crippen molar-refractivity contribution in [1.29, 1.82) is 0 Å². The van der Waals surface area contributed by atoms with Crippen molar-refractivity contribution < 1.29 is 0 Å². The number of nitrogens with two attached hydrogens (primary N) is 1. The molecule has 0 saturated heterocycles. The van der Waals surface area contributed by atoms with E-state index in [2.05, 4.69) is 21.9 Å². The molecule has 1 aromatic heterocycles. The molecule has 6 nitrogen and oxygen atoms in total. The van der Waals surface area contributed by atoms with Crippen molar-refractivity contribution in [3.63, 3.8) is 0 Å².